The maximum atomic E-state index is 13.1. The van der Waals surface area contributed by atoms with Crippen molar-refractivity contribution in [1.29, 1.82) is 0 Å². The van der Waals surface area contributed by atoms with Crippen LogP contribution in [0.4, 0.5) is 0 Å². The van der Waals surface area contributed by atoms with Crippen molar-refractivity contribution in [3.8, 4) is 5.75 Å². The quantitative estimate of drug-likeness (QED) is 0.670. The molecule has 0 aliphatic carbocycles. The zero-order valence-corrected chi connectivity index (χ0v) is 18.2. The van der Waals surface area contributed by atoms with E-state index in [4.69, 9.17) is 16.3 Å². The van der Waals surface area contributed by atoms with Crippen molar-refractivity contribution >= 4 is 23.4 Å². The minimum atomic E-state index is -0.595. The lowest BCUT2D eigenvalue weighted by atomic mass is 10.1. The summed E-state index contributed by atoms with van der Waals surface area (Å²) in [6.07, 6.45) is 0.179. The molecule has 0 radical (unpaired) electrons. The molecule has 0 aliphatic heterocycles. The number of nitrogens with zero attached hydrogens (tertiary/aromatic N) is 1. The smallest absolute Gasteiger partial charge is 0.242 e. The first-order valence-electron chi connectivity index (χ1n) is 9.74. The average Bonchev–Trinajstić information content (AvgIpc) is 2.70. The number of amides is 2. The van der Waals surface area contributed by atoms with Gasteiger partial charge in [0.2, 0.25) is 11.8 Å². The second kappa shape index (κ2) is 10.9. The minimum absolute atomic E-state index is 0.129. The zero-order valence-electron chi connectivity index (χ0n) is 17.4. The van der Waals surface area contributed by atoms with Crippen LogP contribution in [0.2, 0.25) is 5.02 Å². The molecule has 0 heterocycles. The molecule has 0 unspecified atom stereocenters. The van der Waals surface area contributed by atoms with Crippen LogP contribution in [-0.4, -0.2) is 36.4 Å². The molecule has 0 spiro atoms. The van der Waals surface area contributed by atoms with Gasteiger partial charge in [-0.15, -0.1) is 0 Å². The fourth-order valence-electron chi connectivity index (χ4n) is 2.89. The van der Waals surface area contributed by atoms with Crippen molar-refractivity contribution in [1.82, 2.24) is 10.2 Å². The summed E-state index contributed by atoms with van der Waals surface area (Å²) in [5.41, 5.74) is 1.74. The fraction of sp³-hybridized carbons (Fsp3) is 0.391. The van der Waals surface area contributed by atoms with Crippen LogP contribution in [0.1, 0.15) is 31.9 Å². The molecule has 2 aromatic rings. The second-order valence-electron chi connectivity index (χ2n) is 7.49. The highest BCUT2D eigenvalue weighted by Crippen LogP contribution is 2.17. The highest BCUT2D eigenvalue weighted by atomic mass is 35.5. The Hall–Kier alpha value is -2.53. The van der Waals surface area contributed by atoms with Crippen LogP contribution in [0.25, 0.3) is 0 Å². The number of benzene rings is 2. The fourth-order valence-corrected chi connectivity index (χ4v) is 3.10. The van der Waals surface area contributed by atoms with Gasteiger partial charge in [-0.1, -0.05) is 49.7 Å². The number of methoxy groups -OCH3 is 1. The van der Waals surface area contributed by atoms with E-state index in [0.29, 0.717) is 24.0 Å². The third-order valence-electron chi connectivity index (χ3n) is 4.61. The van der Waals surface area contributed by atoms with E-state index in [9.17, 15) is 9.59 Å². The number of carbonyl (C=O) groups is 2. The minimum Gasteiger partial charge on any atom is -0.497 e. The van der Waals surface area contributed by atoms with Crippen LogP contribution in [0.5, 0.6) is 5.75 Å². The van der Waals surface area contributed by atoms with Gasteiger partial charge in [-0.3, -0.25) is 9.59 Å². The summed E-state index contributed by atoms with van der Waals surface area (Å²) in [5.74, 6) is 0.790. The van der Waals surface area contributed by atoms with Crippen molar-refractivity contribution < 1.29 is 14.3 Å². The maximum Gasteiger partial charge on any atom is 0.242 e. The summed E-state index contributed by atoms with van der Waals surface area (Å²) < 4.78 is 5.19. The van der Waals surface area contributed by atoms with E-state index in [1.54, 1.807) is 31.1 Å². The SMILES string of the molecule is COc1ccc(CN(C(=O)Cc2cccc(Cl)c2)[C@@H](C)C(=O)NCC(C)C)cc1. The van der Waals surface area contributed by atoms with Crippen LogP contribution in [0, 0.1) is 5.92 Å². The Labute approximate surface area is 178 Å². The standard InChI is InChI=1S/C23H29ClN2O3/c1-16(2)14-25-23(28)17(3)26(15-18-8-10-21(29-4)11-9-18)22(27)13-19-6-5-7-20(24)12-19/h5-12,16-17H,13-15H2,1-4H3,(H,25,28)/t17-/m0/s1. The number of hydrogen-bond acceptors (Lipinski definition) is 3. The Bertz CT molecular complexity index is 821. The molecule has 2 aromatic carbocycles. The molecule has 1 N–H and O–H groups in total. The molecule has 0 aromatic heterocycles. The summed E-state index contributed by atoms with van der Waals surface area (Å²) in [6, 6.07) is 14.1. The Morgan fingerprint density at radius 2 is 1.76 bits per heavy atom. The van der Waals surface area contributed by atoms with Crippen molar-refractivity contribution in [2.24, 2.45) is 5.92 Å². The van der Waals surface area contributed by atoms with Crippen LogP contribution < -0.4 is 10.1 Å². The largest absolute Gasteiger partial charge is 0.497 e. The zero-order chi connectivity index (χ0) is 21.4. The highest BCUT2D eigenvalue weighted by molar-refractivity contribution is 6.30. The first-order valence-corrected chi connectivity index (χ1v) is 10.1. The van der Waals surface area contributed by atoms with Crippen LogP contribution in [0.15, 0.2) is 48.5 Å². The molecule has 0 bridgehead atoms. The van der Waals surface area contributed by atoms with Crippen molar-refractivity contribution in [2.75, 3.05) is 13.7 Å². The van der Waals surface area contributed by atoms with E-state index in [1.807, 2.05) is 50.2 Å². The summed E-state index contributed by atoms with van der Waals surface area (Å²) in [4.78, 5) is 27.4. The average molecular weight is 417 g/mol. The molecule has 0 aliphatic rings. The number of carbonyl (C=O) groups excluding carboxylic acids is 2. The number of halogens is 1. The Morgan fingerprint density at radius 1 is 1.07 bits per heavy atom. The normalized spacial score (nSPS) is 11.8. The van der Waals surface area contributed by atoms with E-state index in [-0.39, 0.29) is 18.2 Å². The van der Waals surface area contributed by atoms with E-state index < -0.39 is 6.04 Å². The number of hydrogen-bond donors (Lipinski definition) is 1. The van der Waals surface area contributed by atoms with Crippen LogP contribution in [0.3, 0.4) is 0 Å². The van der Waals surface area contributed by atoms with Gasteiger partial charge in [0.25, 0.3) is 0 Å². The van der Waals surface area contributed by atoms with Gasteiger partial charge in [0.1, 0.15) is 11.8 Å². The Kier molecular flexibility index (Phi) is 8.52. The van der Waals surface area contributed by atoms with E-state index in [0.717, 1.165) is 16.9 Å². The number of ether oxygens (including phenoxy) is 1. The summed E-state index contributed by atoms with van der Waals surface area (Å²) in [5, 5.41) is 3.50. The molecule has 156 valence electrons. The van der Waals surface area contributed by atoms with Crippen LogP contribution >= 0.6 is 11.6 Å². The predicted octanol–water partition coefficient (Wildman–Crippen LogP) is 4.08. The molecule has 0 fully saturated rings. The molecular formula is C23H29ClN2O3. The summed E-state index contributed by atoms with van der Waals surface area (Å²) in [6.45, 7) is 6.73. The van der Waals surface area contributed by atoms with Gasteiger partial charge in [-0.25, -0.2) is 0 Å². The lowest BCUT2D eigenvalue weighted by molar-refractivity contribution is -0.140. The summed E-state index contributed by atoms with van der Waals surface area (Å²) >= 11 is 6.05. The molecule has 0 saturated carbocycles. The number of rotatable bonds is 9. The van der Waals surface area contributed by atoms with E-state index in [1.165, 1.54) is 0 Å². The Morgan fingerprint density at radius 3 is 2.34 bits per heavy atom. The lowest BCUT2D eigenvalue weighted by Crippen LogP contribution is -2.48. The van der Waals surface area contributed by atoms with E-state index >= 15 is 0 Å². The molecule has 2 rings (SSSR count). The summed E-state index contributed by atoms with van der Waals surface area (Å²) in [7, 11) is 1.61. The second-order valence-corrected chi connectivity index (χ2v) is 7.93. The number of nitrogens with one attached hydrogen (secondary N) is 1. The topological polar surface area (TPSA) is 58.6 Å². The third kappa shape index (κ3) is 7.09. The van der Waals surface area contributed by atoms with Crippen molar-refractivity contribution in [3.05, 3.63) is 64.7 Å². The Balaban J connectivity index is 2.20. The molecule has 6 heteroatoms. The van der Waals surface area contributed by atoms with Gasteiger partial charge in [0.05, 0.1) is 13.5 Å². The van der Waals surface area contributed by atoms with E-state index in [2.05, 4.69) is 5.32 Å². The molecule has 2 amide bonds. The molecule has 1 atom stereocenters. The maximum absolute atomic E-state index is 13.1. The van der Waals surface area contributed by atoms with Gasteiger partial charge in [-0.2, -0.15) is 0 Å². The highest BCUT2D eigenvalue weighted by Gasteiger charge is 2.26. The molecule has 0 saturated heterocycles. The van der Waals surface area contributed by atoms with Gasteiger partial charge in [0, 0.05) is 18.1 Å². The predicted molar refractivity (Wildman–Crippen MR) is 116 cm³/mol. The monoisotopic (exact) mass is 416 g/mol. The van der Waals surface area contributed by atoms with Gasteiger partial charge >= 0.3 is 0 Å². The van der Waals surface area contributed by atoms with Crippen molar-refractivity contribution in [2.45, 2.75) is 39.8 Å². The first-order chi connectivity index (χ1) is 13.8. The lowest BCUT2D eigenvalue weighted by Gasteiger charge is -2.29. The van der Waals surface area contributed by atoms with Crippen LogP contribution in [-0.2, 0) is 22.6 Å². The third-order valence-corrected chi connectivity index (χ3v) is 4.84. The molecular weight excluding hydrogens is 388 g/mol. The van der Waals surface area contributed by atoms with Gasteiger partial charge < -0.3 is 15.0 Å². The van der Waals surface area contributed by atoms with Crippen molar-refractivity contribution in [3.63, 3.8) is 0 Å². The van der Waals surface area contributed by atoms with Gasteiger partial charge in [0.15, 0.2) is 0 Å². The first kappa shape index (κ1) is 22.8. The molecule has 5 nitrogen and oxygen atoms in total. The molecule has 29 heavy (non-hydrogen) atoms. The van der Waals surface area contributed by atoms with Gasteiger partial charge in [-0.05, 0) is 48.2 Å².